The predicted molar refractivity (Wildman–Crippen MR) is 119 cm³/mol. The summed E-state index contributed by atoms with van der Waals surface area (Å²) < 4.78 is 5.59. The number of aromatic nitrogens is 4. The van der Waals surface area contributed by atoms with Crippen molar-refractivity contribution >= 4 is 23.6 Å². The molecule has 2 aromatic rings. The van der Waals surface area contributed by atoms with E-state index in [2.05, 4.69) is 33.6 Å². The van der Waals surface area contributed by atoms with E-state index >= 15 is 0 Å². The Labute approximate surface area is 182 Å². The minimum absolute atomic E-state index is 0.0994. The zero-order valence-electron chi connectivity index (χ0n) is 18.6. The Kier molecular flexibility index (Phi) is 5.65. The number of hydrogen-bond acceptors (Lipinski definition) is 9. The highest BCUT2D eigenvalue weighted by Gasteiger charge is 2.39. The molecule has 0 spiro atoms. The van der Waals surface area contributed by atoms with Crippen molar-refractivity contribution in [3.8, 4) is 11.3 Å². The average Bonchev–Trinajstić information content (AvgIpc) is 3.17. The van der Waals surface area contributed by atoms with Crippen LogP contribution >= 0.6 is 0 Å². The van der Waals surface area contributed by atoms with Crippen molar-refractivity contribution in [2.45, 2.75) is 38.8 Å². The van der Waals surface area contributed by atoms with Crippen LogP contribution in [0.3, 0.4) is 0 Å². The molecule has 0 bridgehead atoms. The second-order valence-electron chi connectivity index (χ2n) is 8.61. The topological polar surface area (TPSA) is 114 Å². The van der Waals surface area contributed by atoms with Crippen LogP contribution in [0.5, 0.6) is 0 Å². The van der Waals surface area contributed by atoms with E-state index in [1.807, 2.05) is 18.0 Å². The van der Waals surface area contributed by atoms with Crippen molar-refractivity contribution in [3.63, 3.8) is 0 Å². The van der Waals surface area contributed by atoms with Gasteiger partial charge in [-0.05, 0) is 20.3 Å². The van der Waals surface area contributed by atoms with Crippen LogP contribution in [0.25, 0.3) is 11.3 Å². The first-order valence-corrected chi connectivity index (χ1v) is 10.6. The molecule has 2 aliphatic rings. The van der Waals surface area contributed by atoms with Gasteiger partial charge in [-0.2, -0.15) is 4.98 Å². The molecule has 1 amide bonds. The molecule has 0 aliphatic carbocycles. The number of carbonyl (C=O) groups is 1. The first-order chi connectivity index (χ1) is 14.8. The van der Waals surface area contributed by atoms with Crippen LogP contribution < -0.4 is 15.5 Å². The summed E-state index contributed by atoms with van der Waals surface area (Å²) >= 11 is 0. The van der Waals surface area contributed by atoms with Gasteiger partial charge >= 0.3 is 0 Å². The van der Waals surface area contributed by atoms with Crippen molar-refractivity contribution in [1.29, 1.82) is 0 Å². The van der Waals surface area contributed by atoms with E-state index in [-0.39, 0.29) is 23.4 Å². The van der Waals surface area contributed by atoms with E-state index < -0.39 is 0 Å². The number of nitrogens with zero attached hydrogens (tertiary/aromatic N) is 7. The molecule has 2 fully saturated rings. The molecule has 2 aromatic heterocycles. The van der Waals surface area contributed by atoms with Crippen LogP contribution in [-0.4, -0.2) is 82.2 Å². The number of ether oxygens (including phenoxy) is 1. The summed E-state index contributed by atoms with van der Waals surface area (Å²) in [6.45, 7) is 9.29. The number of carbonyl (C=O) groups excluding carboxylic acids is 1. The largest absolute Gasteiger partial charge is 0.377 e. The van der Waals surface area contributed by atoms with Gasteiger partial charge in [-0.3, -0.25) is 4.79 Å². The minimum Gasteiger partial charge on any atom is -0.377 e. The molecular formula is C21H30N8O2. The van der Waals surface area contributed by atoms with Crippen molar-refractivity contribution in [2.24, 2.45) is 0 Å². The summed E-state index contributed by atoms with van der Waals surface area (Å²) in [6, 6.07) is 2.12. The highest BCUT2D eigenvalue weighted by atomic mass is 16.5. The lowest BCUT2D eigenvalue weighted by molar-refractivity contribution is -0.127. The Balaban J connectivity index is 1.74. The molecule has 0 radical (unpaired) electrons. The molecule has 2 aliphatic heterocycles. The number of morpholine rings is 1. The van der Waals surface area contributed by atoms with Crippen molar-refractivity contribution < 1.29 is 9.53 Å². The zero-order chi connectivity index (χ0) is 22.2. The molecular weight excluding hydrogens is 396 g/mol. The quantitative estimate of drug-likeness (QED) is 0.770. The molecule has 31 heavy (non-hydrogen) atoms. The molecule has 0 aromatic carbocycles. The maximum atomic E-state index is 11.9. The van der Waals surface area contributed by atoms with E-state index in [0.717, 1.165) is 36.6 Å². The van der Waals surface area contributed by atoms with Crippen LogP contribution in [0.4, 0.5) is 17.7 Å². The second-order valence-corrected chi connectivity index (χ2v) is 8.61. The number of anilines is 3. The van der Waals surface area contributed by atoms with E-state index in [4.69, 9.17) is 20.4 Å². The van der Waals surface area contributed by atoms with Gasteiger partial charge in [-0.1, -0.05) is 0 Å². The lowest BCUT2D eigenvalue weighted by Crippen LogP contribution is -2.48. The normalized spacial score (nSPS) is 23.8. The number of amides is 1. The third kappa shape index (κ3) is 4.25. The molecule has 2 atom stereocenters. The van der Waals surface area contributed by atoms with Crippen LogP contribution in [0.1, 0.15) is 27.2 Å². The van der Waals surface area contributed by atoms with E-state index in [0.29, 0.717) is 25.7 Å². The lowest BCUT2D eigenvalue weighted by atomic mass is 9.99. The molecule has 2 saturated heterocycles. The third-order valence-electron chi connectivity index (χ3n) is 6.34. The highest BCUT2D eigenvalue weighted by Crippen LogP contribution is 2.33. The number of likely N-dealkylation sites (tertiary alicyclic amines) is 1. The fraction of sp³-hybridized carbons (Fsp3) is 0.571. The van der Waals surface area contributed by atoms with Crippen LogP contribution in [0.2, 0.25) is 0 Å². The molecule has 10 nitrogen and oxygen atoms in total. The van der Waals surface area contributed by atoms with Gasteiger partial charge < -0.3 is 25.2 Å². The van der Waals surface area contributed by atoms with Crippen molar-refractivity contribution in [1.82, 2.24) is 24.8 Å². The summed E-state index contributed by atoms with van der Waals surface area (Å²) in [5.41, 5.74) is 6.95. The third-order valence-corrected chi connectivity index (χ3v) is 6.34. The van der Waals surface area contributed by atoms with Crippen molar-refractivity contribution in [3.05, 3.63) is 18.5 Å². The zero-order valence-corrected chi connectivity index (χ0v) is 18.6. The molecule has 0 saturated carbocycles. The number of nitrogen functional groups attached to an aromatic ring is 1. The SMILES string of the molecule is CC(=O)N1CC[C@](C)(N(C)c2cc(-c3cnc(N)nc3)nc(N3CCOC[C@@H]3C)n2)C1. The maximum absolute atomic E-state index is 11.9. The van der Waals surface area contributed by atoms with Gasteiger partial charge in [-0.15, -0.1) is 0 Å². The smallest absolute Gasteiger partial charge is 0.228 e. The van der Waals surface area contributed by atoms with Crippen molar-refractivity contribution in [2.75, 3.05) is 55.4 Å². The Morgan fingerprint density at radius 1 is 1.29 bits per heavy atom. The van der Waals surface area contributed by atoms with Gasteiger partial charge in [-0.25, -0.2) is 15.0 Å². The molecule has 2 N–H and O–H groups in total. The first kappa shape index (κ1) is 21.2. The van der Waals surface area contributed by atoms with Gasteiger partial charge in [0.1, 0.15) is 5.82 Å². The number of hydrogen-bond donors (Lipinski definition) is 1. The van der Waals surface area contributed by atoms with E-state index in [9.17, 15) is 4.79 Å². The number of likely N-dealkylation sites (N-methyl/N-ethyl adjacent to an activating group) is 1. The standard InChI is InChI=1S/C21H30N8O2/c1-14-12-31-8-7-29(14)20-25-17(16-10-23-19(22)24-11-16)9-18(26-20)27(4)21(3)5-6-28(13-21)15(2)30/h9-11,14H,5-8,12-13H2,1-4H3,(H2,22,23,24)/t14-,21-/m0/s1. The van der Waals surface area contributed by atoms with Gasteiger partial charge in [0.05, 0.1) is 30.5 Å². The molecule has 0 unspecified atom stereocenters. The first-order valence-electron chi connectivity index (χ1n) is 10.6. The van der Waals surface area contributed by atoms with Crippen LogP contribution in [0, 0.1) is 0 Å². The predicted octanol–water partition coefficient (Wildman–Crippen LogP) is 1.19. The fourth-order valence-electron chi connectivity index (χ4n) is 4.13. The Morgan fingerprint density at radius 3 is 2.68 bits per heavy atom. The summed E-state index contributed by atoms with van der Waals surface area (Å²) in [6.07, 6.45) is 4.22. The number of rotatable bonds is 4. The Bertz CT molecular complexity index is 953. The second kappa shape index (κ2) is 8.26. The average molecular weight is 427 g/mol. The van der Waals surface area contributed by atoms with E-state index in [1.165, 1.54) is 0 Å². The monoisotopic (exact) mass is 426 g/mol. The molecule has 4 heterocycles. The summed E-state index contributed by atoms with van der Waals surface area (Å²) in [5, 5.41) is 0. The van der Waals surface area contributed by atoms with Gasteiger partial charge in [0.25, 0.3) is 0 Å². The van der Waals surface area contributed by atoms with Gasteiger partial charge in [0.15, 0.2) is 0 Å². The summed E-state index contributed by atoms with van der Waals surface area (Å²) in [4.78, 5) is 36.1. The Hall–Kier alpha value is -3.01. The van der Waals surface area contributed by atoms with Gasteiger partial charge in [0.2, 0.25) is 17.8 Å². The minimum atomic E-state index is -0.219. The van der Waals surface area contributed by atoms with Crippen LogP contribution in [0.15, 0.2) is 18.5 Å². The summed E-state index contributed by atoms with van der Waals surface area (Å²) in [5.74, 6) is 1.77. The van der Waals surface area contributed by atoms with Crippen LogP contribution in [-0.2, 0) is 9.53 Å². The highest BCUT2D eigenvalue weighted by molar-refractivity contribution is 5.74. The summed E-state index contributed by atoms with van der Waals surface area (Å²) in [7, 11) is 2.03. The number of nitrogens with two attached hydrogens (primary N) is 1. The maximum Gasteiger partial charge on any atom is 0.228 e. The fourth-order valence-corrected chi connectivity index (χ4v) is 4.13. The molecule has 4 rings (SSSR count). The Morgan fingerprint density at radius 2 is 2.03 bits per heavy atom. The lowest BCUT2D eigenvalue weighted by Gasteiger charge is -2.38. The molecule has 166 valence electrons. The van der Waals surface area contributed by atoms with E-state index in [1.54, 1.807) is 19.3 Å². The molecule has 10 heteroatoms. The van der Waals surface area contributed by atoms with Gasteiger partial charge in [0, 0.05) is 57.6 Å².